The monoisotopic (exact) mass is 671 g/mol. The van der Waals surface area contributed by atoms with Crippen molar-refractivity contribution >= 4 is 49.3 Å². The molecule has 0 spiro atoms. The molecular weight excluding hydrogens is 631 g/mol. The van der Waals surface area contributed by atoms with Crippen LogP contribution in [-0.4, -0.2) is 4.57 Å². The molecule has 0 amide bonds. The fourth-order valence-corrected chi connectivity index (χ4v) is 9.23. The summed E-state index contributed by atoms with van der Waals surface area (Å²) in [5, 5.41) is 4.80. The Bertz CT molecular complexity index is 2770. The number of aromatic nitrogens is 1. The Balaban J connectivity index is 1.04. The van der Waals surface area contributed by atoms with Gasteiger partial charge in [-0.2, -0.15) is 0 Å². The summed E-state index contributed by atoms with van der Waals surface area (Å²) in [6, 6.07) is 40.3. The summed E-state index contributed by atoms with van der Waals surface area (Å²) in [6.07, 6.45) is 18.7. The summed E-state index contributed by atoms with van der Waals surface area (Å²) >= 11 is 0. The van der Waals surface area contributed by atoms with Gasteiger partial charge in [-0.15, -0.1) is 0 Å². The van der Waals surface area contributed by atoms with Crippen LogP contribution >= 0.6 is 0 Å². The molecule has 0 atom stereocenters. The van der Waals surface area contributed by atoms with E-state index in [0.717, 1.165) is 53.6 Å². The molecule has 2 heterocycles. The maximum absolute atomic E-state index is 6.41. The van der Waals surface area contributed by atoms with Crippen LogP contribution in [0.5, 0.6) is 0 Å². The number of fused-ring (bicyclic) bond motifs is 7. The van der Waals surface area contributed by atoms with Gasteiger partial charge < -0.3 is 8.98 Å². The summed E-state index contributed by atoms with van der Waals surface area (Å²) in [6.45, 7) is 6.85. The van der Waals surface area contributed by atoms with E-state index in [2.05, 4.69) is 153 Å². The molecule has 0 saturated carbocycles. The van der Waals surface area contributed by atoms with Crippen molar-refractivity contribution in [3.63, 3.8) is 0 Å². The first-order chi connectivity index (χ1) is 25.5. The van der Waals surface area contributed by atoms with E-state index >= 15 is 0 Å². The Morgan fingerprint density at radius 2 is 1.52 bits per heavy atom. The van der Waals surface area contributed by atoms with E-state index in [4.69, 9.17) is 4.42 Å². The van der Waals surface area contributed by atoms with E-state index in [-0.39, 0.29) is 5.41 Å². The van der Waals surface area contributed by atoms with Crippen LogP contribution in [0.25, 0.3) is 55.0 Å². The molecule has 0 N–H and O–H groups in total. The first kappa shape index (κ1) is 31.0. The maximum atomic E-state index is 6.41. The van der Waals surface area contributed by atoms with Gasteiger partial charge in [-0.3, -0.25) is 0 Å². The molecule has 7 aromatic rings. The molecule has 0 fully saturated rings. The average molecular weight is 672 g/mol. The molecule has 10 rings (SSSR count). The fraction of sp³-hybridized carbons (Fsp3) is 0.200. The van der Waals surface area contributed by atoms with Crippen LogP contribution in [0.3, 0.4) is 0 Å². The summed E-state index contributed by atoms with van der Waals surface area (Å²) in [4.78, 5) is 0. The van der Waals surface area contributed by atoms with E-state index in [1.54, 1.807) is 11.1 Å². The second-order valence-electron chi connectivity index (χ2n) is 15.3. The van der Waals surface area contributed by atoms with Crippen molar-refractivity contribution in [3.8, 4) is 5.69 Å². The molecule has 52 heavy (non-hydrogen) atoms. The predicted octanol–water partition coefficient (Wildman–Crippen LogP) is 13.4. The lowest BCUT2D eigenvalue weighted by molar-refractivity contribution is 0.626. The minimum Gasteiger partial charge on any atom is -0.456 e. The van der Waals surface area contributed by atoms with Crippen LogP contribution in [0.1, 0.15) is 74.6 Å². The van der Waals surface area contributed by atoms with E-state index in [1.807, 2.05) is 6.07 Å². The summed E-state index contributed by atoms with van der Waals surface area (Å²) < 4.78 is 8.78. The number of furan rings is 1. The average Bonchev–Trinajstić information content (AvgIpc) is 3.74. The Morgan fingerprint density at radius 3 is 2.40 bits per heavy atom. The van der Waals surface area contributed by atoms with E-state index in [1.165, 1.54) is 73.3 Å². The summed E-state index contributed by atoms with van der Waals surface area (Å²) in [7, 11) is 0. The fourth-order valence-electron chi connectivity index (χ4n) is 9.23. The zero-order valence-electron chi connectivity index (χ0n) is 30.1. The normalized spacial score (nSPS) is 16.3. The van der Waals surface area contributed by atoms with Crippen LogP contribution in [-0.2, 0) is 5.41 Å². The van der Waals surface area contributed by atoms with E-state index in [0.29, 0.717) is 0 Å². The zero-order valence-corrected chi connectivity index (χ0v) is 30.1. The van der Waals surface area contributed by atoms with Gasteiger partial charge in [0.15, 0.2) is 0 Å². The second-order valence-corrected chi connectivity index (χ2v) is 15.3. The molecule has 3 aliphatic carbocycles. The van der Waals surface area contributed by atoms with Crippen molar-refractivity contribution < 1.29 is 4.42 Å². The number of rotatable bonds is 5. The lowest BCUT2D eigenvalue weighted by Crippen LogP contribution is -2.20. The Hall–Kier alpha value is -5.78. The third kappa shape index (κ3) is 4.80. The van der Waals surface area contributed by atoms with Gasteiger partial charge in [-0.25, -0.2) is 0 Å². The summed E-state index contributed by atoms with van der Waals surface area (Å²) in [5.41, 5.74) is 17.4. The maximum Gasteiger partial charge on any atom is 0.138 e. The number of hydrogen-bond acceptors (Lipinski definition) is 1. The number of aryl methyl sites for hydroxylation is 1. The SMILES string of the molecule is Cc1c(C(C)(C)c2cccc(-n3c4c#cc(C5=CC=C(C6=C7C=CCCC7=CCC6)CC5)cc4c4ccccc43)c2)ccc2c1oc1ccccc12. The highest BCUT2D eigenvalue weighted by Crippen LogP contribution is 2.42. The highest BCUT2D eigenvalue weighted by Gasteiger charge is 2.28. The first-order valence-electron chi connectivity index (χ1n) is 18.8. The minimum absolute atomic E-state index is 0.256. The van der Waals surface area contributed by atoms with Crippen LogP contribution in [0.15, 0.2) is 148 Å². The van der Waals surface area contributed by atoms with Gasteiger partial charge in [-0.05, 0) is 126 Å². The lowest BCUT2D eigenvalue weighted by Gasteiger charge is -2.28. The van der Waals surface area contributed by atoms with E-state index in [9.17, 15) is 0 Å². The molecule has 0 saturated heterocycles. The first-order valence-corrected chi connectivity index (χ1v) is 18.8. The van der Waals surface area contributed by atoms with Gasteiger partial charge in [0, 0.05) is 38.2 Å². The topological polar surface area (TPSA) is 18.1 Å². The highest BCUT2D eigenvalue weighted by atomic mass is 16.3. The molecule has 0 unspecified atom stereocenters. The Labute approximate surface area is 305 Å². The smallest absolute Gasteiger partial charge is 0.138 e. The number of nitrogens with zero attached hydrogens (tertiary/aromatic N) is 1. The molecule has 3 aliphatic rings. The quantitative estimate of drug-likeness (QED) is 0.178. The molecule has 0 radical (unpaired) electrons. The number of allylic oxidation sites excluding steroid dienone is 10. The molecule has 2 heteroatoms. The number of hydrogen-bond donors (Lipinski definition) is 0. The van der Waals surface area contributed by atoms with Crippen molar-refractivity contribution in [2.75, 3.05) is 0 Å². The predicted molar refractivity (Wildman–Crippen MR) is 217 cm³/mol. The van der Waals surface area contributed by atoms with Crippen LogP contribution in [0.4, 0.5) is 0 Å². The minimum atomic E-state index is -0.256. The molecule has 5 aromatic carbocycles. The molecule has 0 bridgehead atoms. The van der Waals surface area contributed by atoms with Gasteiger partial charge in [0.2, 0.25) is 0 Å². The standard InChI is InChI=1S/C50H41NO/c1-32-45(28-27-43-42-18-7-9-21-48(42)52-49(32)43)50(2,3)37-14-11-15-38(31-37)51-46-20-8-6-17-41(46)44-30-36(26-29-47(44)51)33-22-24-35(25-23-33)40-19-10-13-34-12-4-5-16-39(34)40/h5-9,11,13-18,20-22,24,27-28,30-31H,4,10,12,19,23,25H2,1-3H3. The summed E-state index contributed by atoms with van der Waals surface area (Å²) in [5.74, 6) is 0. The van der Waals surface area contributed by atoms with Gasteiger partial charge in [0.05, 0.1) is 5.52 Å². The number of benzene rings is 4. The Kier molecular flexibility index (Phi) is 7.09. The number of para-hydroxylation sites is 2. The zero-order chi connectivity index (χ0) is 35.0. The molecule has 2 nitrogen and oxygen atoms in total. The molecule has 0 aliphatic heterocycles. The van der Waals surface area contributed by atoms with Crippen LogP contribution in [0, 0.1) is 19.1 Å². The third-order valence-corrected chi connectivity index (χ3v) is 12.0. The molecular formula is C50H41NO. The van der Waals surface area contributed by atoms with Crippen LogP contribution < -0.4 is 0 Å². The lowest BCUT2D eigenvalue weighted by atomic mass is 9.76. The van der Waals surface area contributed by atoms with Gasteiger partial charge in [0.1, 0.15) is 16.7 Å². The van der Waals surface area contributed by atoms with Gasteiger partial charge in [0.25, 0.3) is 0 Å². The van der Waals surface area contributed by atoms with Crippen molar-refractivity contribution in [2.24, 2.45) is 0 Å². The van der Waals surface area contributed by atoms with Crippen molar-refractivity contribution in [1.29, 1.82) is 0 Å². The Morgan fingerprint density at radius 1 is 0.692 bits per heavy atom. The third-order valence-electron chi connectivity index (χ3n) is 12.0. The van der Waals surface area contributed by atoms with Crippen molar-refractivity contribution in [2.45, 2.75) is 64.7 Å². The van der Waals surface area contributed by atoms with Crippen LogP contribution in [0.2, 0.25) is 0 Å². The second kappa shape index (κ2) is 11.9. The van der Waals surface area contributed by atoms with Crippen molar-refractivity contribution in [1.82, 2.24) is 4.57 Å². The van der Waals surface area contributed by atoms with Gasteiger partial charge >= 0.3 is 0 Å². The molecule has 2 aromatic heterocycles. The highest BCUT2D eigenvalue weighted by molar-refractivity contribution is 6.09. The van der Waals surface area contributed by atoms with E-state index < -0.39 is 0 Å². The largest absolute Gasteiger partial charge is 0.456 e. The van der Waals surface area contributed by atoms with Crippen molar-refractivity contribution in [3.05, 3.63) is 178 Å². The molecule has 252 valence electrons. The van der Waals surface area contributed by atoms with Gasteiger partial charge in [-0.1, -0.05) is 111 Å².